The van der Waals surface area contributed by atoms with Gasteiger partial charge in [0.05, 0.1) is 22.1 Å². The van der Waals surface area contributed by atoms with E-state index in [0.29, 0.717) is 57.0 Å². The fraction of sp³-hybridized carbons (Fsp3) is 0. The second-order valence-electron chi connectivity index (χ2n) is 15.4. The van der Waals surface area contributed by atoms with E-state index < -0.39 is 0 Å². The minimum atomic E-state index is -0.387. The Kier molecular flexibility index (Phi) is 8.68. The van der Waals surface area contributed by atoms with Crippen molar-refractivity contribution >= 4 is 43.6 Å². The lowest BCUT2D eigenvalue weighted by atomic mass is 9.95. The molecule has 10 heteroatoms. The van der Waals surface area contributed by atoms with Crippen molar-refractivity contribution in [3.63, 3.8) is 0 Å². The number of halogens is 2. The Labute approximate surface area is 364 Å². The van der Waals surface area contributed by atoms with Gasteiger partial charge in [-0.1, -0.05) is 146 Å². The highest BCUT2D eigenvalue weighted by molar-refractivity contribution is 6.22. The summed E-state index contributed by atoms with van der Waals surface area (Å²) in [6, 6.07) is 60.7. The van der Waals surface area contributed by atoms with Crippen LogP contribution >= 0.6 is 0 Å². The summed E-state index contributed by atoms with van der Waals surface area (Å²) >= 11 is 0. The molecule has 0 aliphatic carbocycles. The van der Waals surface area contributed by atoms with E-state index in [0.717, 1.165) is 55.2 Å². The highest BCUT2D eigenvalue weighted by atomic mass is 19.1. The second kappa shape index (κ2) is 15.0. The van der Waals surface area contributed by atoms with Gasteiger partial charge in [-0.25, -0.2) is 18.7 Å². The molecule has 302 valence electrons. The van der Waals surface area contributed by atoms with Crippen LogP contribution in [0, 0.1) is 11.6 Å². The van der Waals surface area contributed by atoms with Crippen LogP contribution in [0.25, 0.3) is 112 Å². The average Bonchev–Trinajstić information content (AvgIpc) is 3.87. The lowest BCUT2D eigenvalue weighted by Gasteiger charge is -2.12. The maximum absolute atomic E-state index is 15.6. The smallest absolute Gasteiger partial charge is 0.238 e. The van der Waals surface area contributed by atoms with E-state index in [1.165, 1.54) is 12.1 Å². The molecule has 64 heavy (non-hydrogen) atoms. The molecule has 0 fully saturated rings. The van der Waals surface area contributed by atoms with Gasteiger partial charge in [-0.15, -0.1) is 0 Å². The zero-order valence-electron chi connectivity index (χ0n) is 33.8. The molecular weight excluding hydrogens is 799 g/mol. The molecule has 0 atom stereocenters. The van der Waals surface area contributed by atoms with Crippen LogP contribution in [0.4, 0.5) is 8.78 Å². The van der Waals surface area contributed by atoms with Gasteiger partial charge in [-0.2, -0.15) is 19.9 Å². The Morgan fingerprint density at radius 2 is 0.625 bits per heavy atom. The van der Waals surface area contributed by atoms with Crippen molar-refractivity contribution in [1.82, 2.24) is 39.0 Å². The van der Waals surface area contributed by atoms with E-state index in [4.69, 9.17) is 29.9 Å². The molecule has 12 rings (SSSR count). The molecule has 12 aromatic rings. The third-order valence-corrected chi connectivity index (χ3v) is 11.6. The number of nitrogens with zero attached hydrogens (tertiary/aromatic N) is 8. The van der Waals surface area contributed by atoms with Crippen LogP contribution in [-0.2, 0) is 0 Å². The van der Waals surface area contributed by atoms with Crippen LogP contribution in [0.15, 0.2) is 194 Å². The van der Waals surface area contributed by atoms with Crippen molar-refractivity contribution in [2.45, 2.75) is 0 Å². The molecule has 8 aromatic carbocycles. The van der Waals surface area contributed by atoms with Crippen LogP contribution in [0.5, 0.6) is 0 Å². The predicted molar refractivity (Wildman–Crippen MR) is 249 cm³/mol. The zero-order valence-corrected chi connectivity index (χ0v) is 33.8. The monoisotopic (exact) mass is 830 g/mol. The Balaban J connectivity index is 1.14. The van der Waals surface area contributed by atoms with Crippen LogP contribution in [0.2, 0.25) is 0 Å². The summed E-state index contributed by atoms with van der Waals surface area (Å²) in [5.74, 6) is 1.99. The van der Waals surface area contributed by atoms with Crippen LogP contribution in [0.3, 0.4) is 0 Å². The normalized spacial score (nSPS) is 11.6. The molecular formula is C54H32F2N8. The molecule has 4 aromatic heterocycles. The summed E-state index contributed by atoms with van der Waals surface area (Å²) in [6.45, 7) is 0. The van der Waals surface area contributed by atoms with Gasteiger partial charge in [-0.3, -0.25) is 9.13 Å². The number of hydrogen-bond acceptors (Lipinski definition) is 6. The van der Waals surface area contributed by atoms with E-state index in [2.05, 4.69) is 0 Å². The molecule has 0 saturated carbocycles. The van der Waals surface area contributed by atoms with E-state index in [1.54, 1.807) is 24.3 Å². The molecule has 0 unspecified atom stereocenters. The van der Waals surface area contributed by atoms with Gasteiger partial charge in [-0.05, 0) is 59.7 Å². The molecule has 0 spiro atoms. The summed E-state index contributed by atoms with van der Waals surface area (Å²) in [7, 11) is 0. The second-order valence-corrected chi connectivity index (χ2v) is 15.4. The molecule has 8 nitrogen and oxygen atoms in total. The van der Waals surface area contributed by atoms with E-state index in [1.807, 2.05) is 167 Å². The molecule has 0 bridgehead atoms. The molecule has 0 aliphatic heterocycles. The fourth-order valence-corrected chi connectivity index (χ4v) is 8.76. The van der Waals surface area contributed by atoms with Crippen LogP contribution < -0.4 is 0 Å². The quantitative estimate of drug-likeness (QED) is 0.159. The first kappa shape index (κ1) is 37.0. The maximum Gasteiger partial charge on any atom is 0.238 e. The average molecular weight is 831 g/mol. The standard InChI is InChI=1S/C54H32F2N8/c55-37-27-29-43-41(31-37)47-39(23-13-25-45(47)63(43)53-59-49(33-15-5-1-6-16-33)57-50(60-53)34-17-7-2-8-18-34)40-24-14-26-46-48(40)42-32-38(56)28-30-44(42)64(46)54-61-51(35-19-9-3-10-20-35)58-52(62-54)36-21-11-4-12-22-36/h1-32H. The summed E-state index contributed by atoms with van der Waals surface area (Å²) in [5.41, 5.74) is 7.87. The van der Waals surface area contributed by atoms with Gasteiger partial charge in [0, 0.05) is 43.8 Å². The van der Waals surface area contributed by atoms with Gasteiger partial charge in [0.1, 0.15) is 11.6 Å². The predicted octanol–water partition coefficient (Wildman–Crippen LogP) is 12.9. The van der Waals surface area contributed by atoms with Crippen molar-refractivity contribution in [2.75, 3.05) is 0 Å². The molecule has 0 amide bonds. The first-order valence-electron chi connectivity index (χ1n) is 20.8. The minimum absolute atomic E-state index is 0.381. The Bertz CT molecular complexity index is 3380. The number of fused-ring (bicyclic) bond motifs is 6. The van der Waals surface area contributed by atoms with E-state index >= 15 is 8.78 Å². The van der Waals surface area contributed by atoms with Gasteiger partial charge in [0.15, 0.2) is 23.3 Å². The minimum Gasteiger partial charge on any atom is -0.278 e. The van der Waals surface area contributed by atoms with Crippen molar-refractivity contribution in [1.29, 1.82) is 0 Å². The number of benzene rings is 8. The third kappa shape index (κ3) is 6.19. The Hall–Kier alpha value is -8.76. The largest absolute Gasteiger partial charge is 0.278 e. The Morgan fingerprint density at radius 3 is 0.953 bits per heavy atom. The number of rotatable bonds is 7. The first-order chi connectivity index (χ1) is 31.6. The summed E-state index contributed by atoms with van der Waals surface area (Å²) in [4.78, 5) is 30.1. The molecule has 0 radical (unpaired) electrons. The van der Waals surface area contributed by atoms with E-state index in [9.17, 15) is 0 Å². The molecule has 0 saturated heterocycles. The fourth-order valence-electron chi connectivity index (χ4n) is 8.76. The number of aromatic nitrogens is 8. The lowest BCUT2D eigenvalue weighted by molar-refractivity contribution is 0.629. The maximum atomic E-state index is 15.6. The summed E-state index contributed by atoms with van der Waals surface area (Å²) < 4.78 is 35.1. The highest BCUT2D eigenvalue weighted by Gasteiger charge is 2.24. The molecule has 0 aliphatic rings. The molecule has 4 heterocycles. The summed E-state index contributed by atoms with van der Waals surface area (Å²) in [6.07, 6.45) is 0. The third-order valence-electron chi connectivity index (χ3n) is 11.6. The van der Waals surface area contributed by atoms with Gasteiger partial charge >= 0.3 is 0 Å². The van der Waals surface area contributed by atoms with Gasteiger partial charge in [0.25, 0.3) is 0 Å². The SMILES string of the molecule is Fc1ccc2c(c1)c1c(-c3cccc4c3c3cc(F)ccc3n4-c3nc(-c4ccccc4)nc(-c4ccccc4)n3)cccc1n2-c1nc(-c2ccccc2)nc(-c2ccccc2)n1. The lowest BCUT2D eigenvalue weighted by Crippen LogP contribution is -2.06. The van der Waals surface area contributed by atoms with Gasteiger partial charge < -0.3 is 0 Å². The number of hydrogen-bond donors (Lipinski definition) is 0. The Morgan fingerprint density at radius 1 is 0.297 bits per heavy atom. The van der Waals surface area contributed by atoms with E-state index in [-0.39, 0.29) is 11.6 Å². The van der Waals surface area contributed by atoms with Gasteiger partial charge in [0.2, 0.25) is 11.9 Å². The topological polar surface area (TPSA) is 87.2 Å². The zero-order chi connectivity index (χ0) is 42.7. The van der Waals surface area contributed by atoms with Crippen molar-refractivity contribution in [3.05, 3.63) is 206 Å². The van der Waals surface area contributed by atoms with Crippen LogP contribution in [0.1, 0.15) is 0 Å². The van der Waals surface area contributed by atoms with Crippen molar-refractivity contribution in [2.24, 2.45) is 0 Å². The summed E-state index contributed by atoms with van der Waals surface area (Å²) in [5, 5.41) is 2.89. The molecule has 0 N–H and O–H groups in total. The van der Waals surface area contributed by atoms with Crippen molar-refractivity contribution in [3.8, 4) is 68.6 Å². The first-order valence-corrected chi connectivity index (χ1v) is 20.8. The highest BCUT2D eigenvalue weighted by Crippen LogP contribution is 2.44. The van der Waals surface area contributed by atoms with Crippen molar-refractivity contribution < 1.29 is 8.78 Å². The van der Waals surface area contributed by atoms with Crippen LogP contribution in [-0.4, -0.2) is 39.0 Å².